The summed E-state index contributed by atoms with van der Waals surface area (Å²) in [7, 11) is 0. The summed E-state index contributed by atoms with van der Waals surface area (Å²) in [4.78, 5) is 0. The maximum Gasteiger partial charge on any atom is 0.174 e. The fourth-order valence-electron chi connectivity index (χ4n) is 1.73. The average molecular weight is 214 g/mol. The number of nitrogens with zero attached hydrogens (tertiary/aromatic N) is 2. The van der Waals surface area contributed by atoms with Crippen molar-refractivity contribution in [2.45, 2.75) is 42.7 Å². The van der Waals surface area contributed by atoms with E-state index in [1.54, 1.807) is 11.3 Å². The maximum atomic E-state index is 4.14. The lowest BCUT2D eigenvalue weighted by Gasteiger charge is -2.04. The van der Waals surface area contributed by atoms with E-state index in [4.69, 9.17) is 0 Å². The highest BCUT2D eigenvalue weighted by Gasteiger charge is 2.23. The van der Waals surface area contributed by atoms with Crippen LogP contribution in [0.4, 0.5) is 0 Å². The number of rotatable bonds is 2. The van der Waals surface area contributed by atoms with Crippen LogP contribution in [0.15, 0.2) is 4.34 Å². The molecule has 2 atom stereocenters. The molecule has 0 saturated heterocycles. The van der Waals surface area contributed by atoms with Crippen LogP contribution >= 0.6 is 23.1 Å². The number of aromatic nitrogens is 2. The van der Waals surface area contributed by atoms with E-state index in [1.165, 1.54) is 19.3 Å². The summed E-state index contributed by atoms with van der Waals surface area (Å²) < 4.78 is 1.15. The third-order valence-corrected chi connectivity index (χ3v) is 4.64. The van der Waals surface area contributed by atoms with Crippen molar-refractivity contribution in [3.8, 4) is 0 Å². The second-order valence-corrected chi connectivity index (χ2v) is 6.47. The minimum Gasteiger partial charge on any atom is -0.143 e. The summed E-state index contributed by atoms with van der Waals surface area (Å²) in [5.41, 5.74) is 0. The highest BCUT2D eigenvalue weighted by molar-refractivity contribution is 8.01. The number of hydrogen-bond donors (Lipinski definition) is 0. The first-order valence-electron chi connectivity index (χ1n) is 4.71. The molecule has 1 fully saturated rings. The summed E-state index contributed by atoms with van der Waals surface area (Å²) in [6, 6.07) is 0. The van der Waals surface area contributed by atoms with Crippen LogP contribution in [0, 0.1) is 12.8 Å². The van der Waals surface area contributed by atoms with E-state index in [0.29, 0.717) is 0 Å². The minimum atomic E-state index is 0.794. The van der Waals surface area contributed by atoms with Crippen LogP contribution in [-0.4, -0.2) is 15.4 Å². The summed E-state index contributed by atoms with van der Waals surface area (Å²) in [6.07, 6.45) is 4.09. The lowest BCUT2D eigenvalue weighted by molar-refractivity contribution is 0.613. The Labute approximate surface area is 87.2 Å². The van der Waals surface area contributed by atoms with Crippen molar-refractivity contribution in [3.05, 3.63) is 5.01 Å². The van der Waals surface area contributed by atoms with E-state index in [0.717, 1.165) is 20.5 Å². The molecule has 4 heteroatoms. The molecular weight excluding hydrogens is 200 g/mol. The van der Waals surface area contributed by atoms with Crippen LogP contribution in [0.3, 0.4) is 0 Å². The molecule has 13 heavy (non-hydrogen) atoms. The first-order chi connectivity index (χ1) is 6.24. The molecule has 1 aliphatic rings. The van der Waals surface area contributed by atoms with Gasteiger partial charge in [-0.1, -0.05) is 30.0 Å². The number of thioether (sulfide) groups is 1. The first kappa shape index (κ1) is 9.46. The van der Waals surface area contributed by atoms with E-state index in [1.807, 2.05) is 18.7 Å². The molecule has 0 amide bonds. The SMILES string of the molecule is Cc1nnc(SC2CCC(C)C2)s1. The smallest absolute Gasteiger partial charge is 0.143 e. The Bertz CT molecular complexity index is 285. The minimum absolute atomic E-state index is 0.794. The molecule has 72 valence electrons. The normalized spacial score (nSPS) is 28.2. The quantitative estimate of drug-likeness (QED) is 0.756. The molecule has 1 heterocycles. The zero-order valence-electron chi connectivity index (χ0n) is 7.99. The fourth-order valence-corrected chi connectivity index (χ4v) is 4.16. The van der Waals surface area contributed by atoms with Gasteiger partial charge in [0.15, 0.2) is 4.34 Å². The Hall–Kier alpha value is -0.0900. The molecule has 2 nitrogen and oxygen atoms in total. The van der Waals surface area contributed by atoms with Crippen LogP contribution in [0.25, 0.3) is 0 Å². The fraction of sp³-hybridized carbons (Fsp3) is 0.778. The summed E-state index contributed by atoms with van der Waals surface area (Å²) in [5.74, 6) is 0.909. The Kier molecular flexibility index (Phi) is 2.89. The maximum absolute atomic E-state index is 4.14. The van der Waals surface area contributed by atoms with Gasteiger partial charge in [-0.3, -0.25) is 0 Å². The van der Waals surface area contributed by atoms with Gasteiger partial charge >= 0.3 is 0 Å². The molecule has 0 N–H and O–H groups in total. The van der Waals surface area contributed by atoms with Crippen LogP contribution in [0.5, 0.6) is 0 Å². The average Bonchev–Trinajstić information content (AvgIpc) is 2.62. The van der Waals surface area contributed by atoms with Crippen molar-refractivity contribution in [3.63, 3.8) is 0 Å². The predicted octanol–water partition coefficient (Wildman–Crippen LogP) is 3.13. The van der Waals surface area contributed by atoms with Gasteiger partial charge in [0.2, 0.25) is 0 Å². The molecule has 0 spiro atoms. The highest BCUT2D eigenvalue weighted by Crippen LogP contribution is 2.38. The number of aryl methyl sites for hydroxylation is 1. The molecular formula is C9H14N2S2. The summed E-state index contributed by atoms with van der Waals surface area (Å²) in [5, 5.41) is 10.0. The zero-order chi connectivity index (χ0) is 9.26. The van der Waals surface area contributed by atoms with Crippen molar-refractivity contribution in [1.82, 2.24) is 10.2 Å². The van der Waals surface area contributed by atoms with Crippen molar-refractivity contribution >= 4 is 23.1 Å². The van der Waals surface area contributed by atoms with Gasteiger partial charge in [0, 0.05) is 5.25 Å². The van der Waals surface area contributed by atoms with E-state index in [2.05, 4.69) is 17.1 Å². The van der Waals surface area contributed by atoms with E-state index >= 15 is 0 Å². The molecule has 0 aromatic carbocycles. The second-order valence-electron chi connectivity index (χ2n) is 3.75. The van der Waals surface area contributed by atoms with Crippen molar-refractivity contribution in [2.75, 3.05) is 0 Å². The van der Waals surface area contributed by atoms with Crippen molar-refractivity contribution in [1.29, 1.82) is 0 Å². The van der Waals surface area contributed by atoms with Crippen LogP contribution < -0.4 is 0 Å². The molecule has 1 aromatic rings. The molecule has 0 aliphatic heterocycles. The predicted molar refractivity (Wildman–Crippen MR) is 57.3 cm³/mol. The molecule has 1 aromatic heterocycles. The molecule has 1 aliphatic carbocycles. The van der Waals surface area contributed by atoms with Gasteiger partial charge in [0.25, 0.3) is 0 Å². The topological polar surface area (TPSA) is 25.8 Å². The Morgan fingerprint density at radius 1 is 1.38 bits per heavy atom. The van der Waals surface area contributed by atoms with Crippen LogP contribution in [-0.2, 0) is 0 Å². The third kappa shape index (κ3) is 2.44. The van der Waals surface area contributed by atoms with Crippen molar-refractivity contribution < 1.29 is 0 Å². The number of hydrogen-bond acceptors (Lipinski definition) is 4. The Morgan fingerprint density at radius 3 is 2.77 bits per heavy atom. The van der Waals surface area contributed by atoms with Crippen LogP contribution in [0.1, 0.15) is 31.2 Å². The van der Waals surface area contributed by atoms with Gasteiger partial charge in [0.1, 0.15) is 5.01 Å². The summed E-state index contributed by atoms with van der Waals surface area (Å²) >= 11 is 3.64. The standard InChI is InChI=1S/C9H14N2S2/c1-6-3-4-8(5-6)13-9-11-10-7(2)12-9/h6,8H,3-5H2,1-2H3. The monoisotopic (exact) mass is 214 g/mol. The van der Waals surface area contributed by atoms with E-state index < -0.39 is 0 Å². The van der Waals surface area contributed by atoms with Crippen LogP contribution in [0.2, 0.25) is 0 Å². The van der Waals surface area contributed by atoms with E-state index in [9.17, 15) is 0 Å². The second kappa shape index (κ2) is 3.96. The lowest BCUT2D eigenvalue weighted by atomic mass is 10.1. The molecule has 0 bridgehead atoms. The third-order valence-electron chi connectivity index (χ3n) is 2.42. The van der Waals surface area contributed by atoms with Crippen molar-refractivity contribution in [2.24, 2.45) is 5.92 Å². The molecule has 1 saturated carbocycles. The van der Waals surface area contributed by atoms with E-state index in [-0.39, 0.29) is 0 Å². The van der Waals surface area contributed by atoms with Gasteiger partial charge < -0.3 is 0 Å². The van der Waals surface area contributed by atoms with Gasteiger partial charge in [0.05, 0.1) is 0 Å². The highest BCUT2D eigenvalue weighted by atomic mass is 32.2. The Balaban J connectivity index is 1.91. The van der Waals surface area contributed by atoms with Gasteiger partial charge in [-0.15, -0.1) is 10.2 Å². The zero-order valence-corrected chi connectivity index (χ0v) is 9.62. The van der Waals surface area contributed by atoms with Gasteiger partial charge in [-0.2, -0.15) is 0 Å². The molecule has 2 rings (SSSR count). The molecule has 2 unspecified atom stereocenters. The summed E-state index contributed by atoms with van der Waals surface area (Å²) in [6.45, 7) is 4.35. The Morgan fingerprint density at radius 2 is 2.23 bits per heavy atom. The lowest BCUT2D eigenvalue weighted by Crippen LogP contribution is -1.94. The van der Waals surface area contributed by atoms with Gasteiger partial charge in [-0.25, -0.2) is 0 Å². The first-order valence-corrected chi connectivity index (χ1v) is 6.40. The largest absolute Gasteiger partial charge is 0.174 e. The molecule has 0 radical (unpaired) electrons. The van der Waals surface area contributed by atoms with Gasteiger partial charge in [-0.05, 0) is 32.1 Å².